The SMILES string of the molecule is CCc1nsc(Sc2cc(C)ccc2C(=O)O)n1. The van der Waals surface area contributed by atoms with Crippen LogP contribution in [-0.4, -0.2) is 20.4 Å². The van der Waals surface area contributed by atoms with Gasteiger partial charge < -0.3 is 5.11 Å². The molecule has 0 saturated heterocycles. The summed E-state index contributed by atoms with van der Waals surface area (Å²) in [4.78, 5) is 16.2. The largest absolute Gasteiger partial charge is 0.478 e. The van der Waals surface area contributed by atoms with Crippen molar-refractivity contribution in [2.24, 2.45) is 0 Å². The lowest BCUT2D eigenvalue weighted by molar-refractivity contribution is 0.0693. The molecule has 1 aromatic heterocycles. The molecule has 0 bridgehead atoms. The zero-order valence-corrected chi connectivity index (χ0v) is 11.6. The van der Waals surface area contributed by atoms with Gasteiger partial charge in [0.05, 0.1) is 5.56 Å². The second-order valence-corrected chi connectivity index (χ2v) is 5.78. The Hall–Kier alpha value is -1.40. The number of carboxylic acid groups (broad SMARTS) is 1. The molecule has 0 aliphatic rings. The Balaban J connectivity index is 2.32. The second kappa shape index (κ2) is 5.49. The molecule has 0 fully saturated rings. The van der Waals surface area contributed by atoms with Gasteiger partial charge in [0, 0.05) is 11.3 Å². The molecule has 18 heavy (non-hydrogen) atoms. The van der Waals surface area contributed by atoms with Gasteiger partial charge in [-0.25, -0.2) is 9.78 Å². The Morgan fingerprint density at radius 3 is 2.89 bits per heavy atom. The summed E-state index contributed by atoms with van der Waals surface area (Å²) in [5, 5.41) is 9.14. The van der Waals surface area contributed by atoms with E-state index < -0.39 is 5.97 Å². The highest BCUT2D eigenvalue weighted by Gasteiger charge is 2.13. The first-order chi connectivity index (χ1) is 8.60. The summed E-state index contributed by atoms with van der Waals surface area (Å²) in [6, 6.07) is 5.29. The molecule has 0 unspecified atom stereocenters. The summed E-state index contributed by atoms with van der Waals surface area (Å²) in [6.07, 6.45) is 0.788. The Kier molecular flexibility index (Phi) is 3.98. The summed E-state index contributed by atoms with van der Waals surface area (Å²) in [7, 11) is 0. The van der Waals surface area contributed by atoms with Crippen LogP contribution in [0, 0.1) is 6.92 Å². The van der Waals surface area contributed by atoms with Crippen molar-refractivity contribution in [3.05, 3.63) is 35.2 Å². The third-order valence-corrected chi connectivity index (χ3v) is 4.18. The summed E-state index contributed by atoms with van der Waals surface area (Å²) in [5.74, 6) is -0.121. The maximum atomic E-state index is 11.1. The maximum absolute atomic E-state index is 11.1. The van der Waals surface area contributed by atoms with Crippen molar-refractivity contribution < 1.29 is 9.90 Å². The zero-order chi connectivity index (χ0) is 13.1. The molecular weight excluding hydrogens is 268 g/mol. The molecular formula is C12H12N2O2S2. The lowest BCUT2D eigenvalue weighted by Gasteiger charge is -2.04. The molecule has 2 aromatic rings. The van der Waals surface area contributed by atoms with Crippen molar-refractivity contribution in [1.82, 2.24) is 9.36 Å². The van der Waals surface area contributed by atoms with E-state index in [1.54, 1.807) is 12.1 Å². The molecule has 0 spiro atoms. The fraction of sp³-hybridized carbons (Fsp3) is 0.250. The average Bonchev–Trinajstić information content (AvgIpc) is 2.76. The van der Waals surface area contributed by atoms with E-state index in [-0.39, 0.29) is 0 Å². The molecule has 0 radical (unpaired) electrons. The van der Waals surface area contributed by atoms with Gasteiger partial charge in [-0.2, -0.15) is 4.37 Å². The van der Waals surface area contributed by atoms with E-state index >= 15 is 0 Å². The highest BCUT2D eigenvalue weighted by atomic mass is 32.2. The fourth-order valence-corrected chi connectivity index (χ4v) is 3.29. The van der Waals surface area contributed by atoms with E-state index in [1.807, 2.05) is 19.9 Å². The standard InChI is InChI=1S/C12H12N2O2S2/c1-3-10-13-12(18-14-10)17-9-6-7(2)4-5-8(9)11(15)16/h4-6H,3H2,1-2H3,(H,15,16). The molecule has 0 saturated carbocycles. The minimum absolute atomic E-state index is 0.304. The highest BCUT2D eigenvalue weighted by molar-refractivity contribution is 8.01. The number of aromatic carboxylic acids is 1. The van der Waals surface area contributed by atoms with Gasteiger partial charge in [-0.05, 0) is 36.2 Å². The minimum Gasteiger partial charge on any atom is -0.478 e. The normalized spacial score (nSPS) is 10.6. The van der Waals surface area contributed by atoms with Gasteiger partial charge in [-0.3, -0.25) is 0 Å². The summed E-state index contributed by atoms with van der Waals surface area (Å²) < 4.78 is 4.97. The Morgan fingerprint density at radius 2 is 2.28 bits per heavy atom. The van der Waals surface area contributed by atoms with E-state index in [4.69, 9.17) is 5.11 Å². The lowest BCUT2D eigenvalue weighted by Crippen LogP contribution is -1.98. The molecule has 4 nitrogen and oxygen atoms in total. The molecule has 0 atom stereocenters. The van der Waals surface area contributed by atoms with Gasteiger partial charge in [0.2, 0.25) is 0 Å². The van der Waals surface area contributed by atoms with Crippen molar-refractivity contribution in [2.75, 3.05) is 0 Å². The zero-order valence-electron chi connectivity index (χ0n) is 10.0. The van der Waals surface area contributed by atoms with Crippen LogP contribution >= 0.6 is 23.3 Å². The van der Waals surface area contributed by atoms with Crippen LogP contribution in [0.2, 0.25) is 0 Å². The van der Waals surface area contributed by atoms with Crippen LogP contribution in [0.5, 0.6) is 0 Å². The number of aryl methyl sites for hydroxylation is 2. The Bertz CT molecular complexity index is 581. The van der Waals surface area contributed by atoms with Crippen molar-refractivity contribution in [3.63, 3.8) is 0 Å². The monoisotopic (exact) mass is 280 g/mol. The van der Waals surface area contributed by atoms with Crippen LogP contribution in [0.15, 0.2) is 27.4 Å². The highest BCUT2D eigenvalue weighted by Crippen LogP contribution is 2.32. The number of aromatic nitrogens is 2. The number of carbonyl (C=O) groups is 1. The van der Waals surface area contributed by atoms with Gasteiger partial charge in [-0.15, -0.1) is 0 Å². The van der Waals surface area contributed by atoms with E-state index in [1.165, 1.54) is 23.3 Å². The molecule has 1 aromatic carbocycles. The van der Waals surface area contributed by atoms with Crippen molar-refractivity contribution in [1.29, 1.82) is 0 Å². The molecule has 0 amide bonds. The number of nitrogens with zero attached hydrogens (tertiary/aromatic N) is 2. The Morgan fingerprint density at radius 1 is 1.50 bits per heavy atom. The lowest BCUT2D eigenvalue weighted by atomic mass is 10.1. The van der Waals surface area contributed by atoms with E-state index in [2.05, 4.69) is 9.36 Å². The number of carboxylic acids is 1. The van der Waals surface area contributed by atoms with Gasteiger partial charge in [-0.1, -0.05) is 24.8 Å². The first-order valence-corrected chi connectivity index (χ1v) is 7.03. The molecule has 1 heterocycles. The first-order valence-electron chi connectivity index (χ1n) is 5.44. The molecule has 2 rings (SSSR count). The predicted octanol–water partition coefficient (Wildman–Crippen LogP) is 3.26. The Labute approximate surface area is 113 Å². The van der Waals surface area contributed by atoms with Crippen LogP contribution < -0.4 is 0 Å². The van der Waals surface area contributed by atoms with Crippen LogP contribution in [-0.2, 0) is 6.42 Å². The van der Waals surface area contributed by atoms with Crippen LogP contribution in [0.1, 0.15) is 28.7 Å². The quantitative estimate of drug-likeness (QED) is 0.931. The smallest absolute Gasteiger partial charge is 0.336 e. The number of benzene rings is 1. The van der Waals surface area contributed by atoms with E-state index in [9.17, 15) is 4.79 Å². The van der Waals surface area contributed by atoms with Crippen LogP contribution in [0.3, 0.4) is 0 Å². The second-order valence-electron chi connectivity index (χ2n) is 3.74. The van der Waals surface area contributed by atoms with Crippen molar-refractivity contribution in [2.45, 2.75) is 29.5 Å². The molecule has 6 heteroatoms. The number of rotatable bonds is 4. The molecule has 94 valence electrons. The summed E-state index contributed by atoms with van der Waals surface area (Å²) in [5.41, 5.74) is 1.33. The maximum Gasteiger partial charge on any atom is 0.336 e. The van der Waals surface area contributed by atoms with E-state index in [0.29, 0.717) is 10.5 Å². The number of hydrogen-bond acceptors (Lipinski definition) is 5. The van der Waals surface area contributed by atoms with Gasteiger partial charge in [0.25, 0.3) is 0 Å². The molecule has 0 aliphatic heterocycles. The molecule has 0 aliphatic carbocycles. The first kappa shape index (κ1) is 13.0. The predicted molar refractivity (Wildman–Crippen MR) is 71.5 cm³/mol. The average molecular weight is 280 g/mol. The minimum atomic E-state index is -0.919. The molecule has 1 N–H and O–H groups in total. The summed E-state index contributed by atoms with van der Waals surface area (Å²) >= 11 is 2.66. The van der Waals surface area contributed by atoms with Gasteiger partial charge >= 0.3 is 5.97 Å². The van der Waals surface area contributed by atoms with Crippen LogP contribution in [0.25, 0.3) is 0 Å². The number of hydrogen-bond donors (Lipinski definition) is 1. The van der Waals surface area contributed by atoms with Crippen molar-refractivity contribution in [3.8, 4) is 0 Å². The van der Waals surface area contributed by atoms with Crippen LogP contribution in [0.4, 0.5) is 0 Å². The third-order valence-electron chi connectivity index (χ3n) is 2.33. The van der Waals surface area contributed by atoms with Gasteiger partial charge in [0.15, 0.2) is 4.34 Å². The van der Waals surface area contributed by atoms with Gasteiger partial charge in [0.1, 0.15) is 5.82 Å². The topological polar surface area (TPSA) is 63.1 Å². The van der Waals surface area contributed by atoms with Crippen molar-refractivity contribution >= 4 is 29.3 Å². The summed E-state index contributed by atoms with van der Waals surface area (Å²) in [6.45, 7) is 3.93. The van der Waals surface area contributed by atoms with E-state index in [0.717, 1.165) is 22.1 Å². The fourth-order valence-electron chi connectivity index (χ4n) is 1.41. The third kappa shape index (κ3) is 2.88.